The average Bonchev–Trinajstić information content (AvgIpc) is 3.47. The lowest BCUT2D eigenvalue weighted by molar-refractivity contribution is 0.116. The van der Waals surface area contributed by atoms with E-state index >= 15 is 0 Å². The molecule has 5 rings (SSSR count). The molecule has 150 valence electrons. The normalized spacial score (nSPS) is 11.6. The van der Waals surface area contributed by atoms with E-state index < -0.39 is 12.3 Å². The Bertz CT molecular complexity index is 1320. The number of imidazole rings is 1. The zero-order valence-corrected chi connectivity index (χ0v) is 15.3. The Morgan fingerprint density at radius 1 is 1.03 bits per heavy atom. The van der Waals surface area contributed by atoms with Crippen molar-refractivity contribution < 1.29 is 13.2 Å². The maximum atomic E-state index is 12.6. The number of nitrogens with one attached hydrogen (secondary N) is 1. The van der Waals surface area contributed by atoms with E-state index in [1.807, 2.05) is 36.5 Å². The summed E-state index contributed by atoms with van der Waals surface area (Å²) >= 11 is 0. The summed E-state index contributed by atoms with van der Waals surface area (Å²) < 4.78 is 31.8. The Balaban J connectivity index is 1.33. The van der Waals surface area contributed by atoms with Crippen LogP contribution in [0.5, 0.6) is 0 Å². The molecule has 0 saturated carbocycles. The van der Waals surface area contributed by atoms with Crippen LogP contribution in [0.15, 0.2) is 53.1 Å². The summed E-state index contributed by atoms with van der Waals surface area (Å²) in [5.74, 6) is -0.283. The predicted molar refractivity (Wildman–Crippen MR) is 103 cm³/mol. The largest absolute Gasteiger partial charge is 0.415 e. The summed E-state index contributed by atoms with van der Waals surface area (Å²) in [6.07, 6.45) is -0.962. The second kappa shape index (κ2) is 7.03. The van der Waals surface area contributed by atoms with Gasteiger partial charge in [-0.1, -0.05) is 23.4 Å². The monoisotopic (exact) mass is 408 g/mol. The van der Waals surface area contributed by atoms with Crippen molar-refractivity contribution in [3.05, 3.63) is 60.1 Å². The number of nitrogens with zero attached hydrogens (tertiary/aromatic N) is 6. The number of nitrogens with two attached hydrogens (primary N) is 1. The fourth-order valence-electron chi connectivity index (χ4n) is 3.07. The Morgan fingerprint density at radius 2 is 1.83 bits per heavy atom. The third-order valence-electron chi connectivity index (χ3n) is 4.51. The first-order chi connectivity index (χ1) is 14.5. The molecule has 3 heterocycles. The molecule has 0 aliphatic rings. The summed E-state index contributed by atoms with van der Waals surface area (Å²) in [5.41, 5.74) is 10.4. The SMILES string of the molecule is Nc1nc2cc(-c3cn(Cc4ccc(-c5nnc(C(F)F)o5)cc4)nn3)ccc2[nH]1. The maximum Gasteiger partial charge on any atom is 0.314 e. The summed E-state index contributed by atoms with van der Waals surface area (Å²) in [4.78, 5) is 7.20. The minimum Gasteiger partial charge on any atom is -0.415 e. The number of hydrogen-bond donors (Lipinski definition) is 2. The fourth-order valence-corrected chi connectivity index (χ4v) is 3.07. The van der Waals surface area contributed by atoms with Crippen molar-refractivity contribution in [2.45, 2.75) is 13.0 Å². The molecule has 0 bridgehead atoms. The number of aromatic nitrogens is 7. The van der Waals surface area contributed by atoms with Crippen LogP contribution in [0.2, 0.25) is 0 Å². The number of fused-ring (bicyclic) bond motifs is 1. The first-order valence-electron chi connectivity index (χ1n) is 8.92. The van der Waals surface area contributed by atoms with E-state index in [0.717, 1.165) is 22.2 Å². The highest BCUT2D eigenvalue weighted by molar-refractivity contribution is 5.82. The van der Waals surface area contributed by atoms with Gasteiger partial charge in [-0.05, 0) is 29.8 Å². The van der Waals surface area contributed by atoms with Crippen LogP contribution in [0.25, 0.3) is 33.7 Å². The van der Waals surface area contributed by atoms with Gasteiger partial charge in [0.05, 0.1) is 23.8 Å². The maximum absolute atomic E-state index is 12.6. The average molecular weight is 408 g/mol. The molecule has 0 unspecified atom stereocenters. The first-order valence-corrected chi connectivity index (χ1v) is 8.92. The molecule has 0 aliphatic carbocycles. The fraction of sp³-hybridized carbons (Fsp3) is 0.105. The van der Waals surface area contributed by atoms with E-state index in [4.69, 9.17) is 10.2 Å². The molecule has 0 aliphatic heterocycles. The number of rotatable bonds is 5. The smallest absolute Gasteiger partial charge is 0.314 e. The van der Waals surface area contributed by atoms with Crippen LogP contribution in [-0.2, 0) is 6.54 Å². The lowest BCUT2D eigenvalue weighted by atomic mass is 10.1. The molecular weight excluding hydrogens is 394 g/mol. The highest BCUT2D eigenvalue weighted by Gasteiger charge is 2.17. The van der Waals surface area contributed by atoms with Crippen molar-refractivity contribution in [3.8, 4) is 22.7 Å². The van der Waals surface area contributed by atoms with E-state index in [0.29, 0.717) is 23.8 Å². The summed E-state index contributed by atoms with van der Waals surface area (Å²) in [7, 11) is 0. The van der Waals surface area contributed by atoms with Gasteiger partial charge in [0.25, 0.3) is 5.89 Å². The van der Waals surface area contributed by atoms with Crippen LogP contribution in [-0.4, -0.2) is 35.2 Å². The van der Waals surface area contributed by atoms with Crippen LogP contribution in [0.4, 0.5) is 14.7 Å². The zero-order chi connectivity index (χ0) is 20.7. The van der Waals surface area contributed by atoms with Crippen LogP contribution in [0, 0.1) is 0 Å². The Hall–Kier alpha value is -4.15. The van der Waals surface area contributed by atoms with E-state index in [-0.39, 0.29) is 5.89 Å². The van der Waals surface area contributed by atoms with E-state index in [1.165, 1.54) is 0 Å². The van der Waals surface area contributed by atoms with Crippen molar-refractivity contribution in [1.82, 2.24) is 35.2 Å². The van der Waals surface area contributed by atoms with Crippen molar-refractivity contribution in [2.24, 2.45) is 0 Å². The van der Waals surface area contributed by atoms with Gasteiger partial charge >= 0.3 is 6.43 Å². The molecule has 0 fully saturated rings. The van der Waals surface area contributed by atoms with Crippen LogP contribution in [0.1, 0.15) is 17.9 Å². The van der Waals surface area contributed by atoms with Gasteiger partial charge in [-0.3, -0.25) is 0 Å². The second-order valence-electron chi connectivity index (χ2n) is 6.60. The number of benzene rings is 2. The van der Waals surface area contributed by atoms with Gasteiger partial charge in [0.1, 0.15) is 5.69 Å². The predicted octanol–water partition coefficient (Wildman–Crippen LogP) is 3.44. The van der Waals surface area contributed by atoms with Crippen LogP contribution >= 0.6 is 0 Å². The number of halogens is 2. The quantitative estimate of drug-likeness (QED) is 0.456. The number of anilines is 1. The summed E-state index contributed by atoms with van der Waals surface area (Å²) in [5, 5.41) is 15.4. The molecule has 5 aromatic rings. The van der Waals surface area contributed by atoms with Crippen molar-refractivity contribution in [2.75, 3.05) is 5.73 Å². The molecule has 30 heavy (non-hydrogen) atoms. The zero-order valence-electron chi connectivity index (χ0n) is 15.3. The highest BCUT2D eigenvalue weighted by Crippen LogP contribution is 2.24. The molecule has 0 atom stereocenters. The Labute approximate surface area is 167 Å². The van der Waals surface area contributed by atoms with E-state index in [1.54, 1.807) is 16.8 Å². The van der Waals surface area contributed by atoms with Crippen LogP contribution < -0.4 is 5.73 Å². The van der Waals surface area contributed by atoms with Gasteiger partial charge in [-0.25, -0.2) is 9.67 Å². The van der Waals surface area contributed by atoms with Gasteiger partial charge in [0.15, 0.2) is 5.95 Å². The Kier molecular flexibility index (Phi) is 4.20. The first kappa shape index (κ1) is 17.9. The third kappa shape index (κ3) is 3.36. The van der Waals surface area contributed by atoms with Gasteiger partial charge in [0, 0.05) is 11.1 Å². The molecule has 11 heteroatoms. The minimum absolute atomic E-state index is 0.0503. The van der Waals surface area contributed by atoms with Gasteiger partial charge in [-0.2, -0.15) is 8.78 Å². The molecule has 2 aromatic carbocycles. The molecule has 0 radical (unpaired) electrons. The summed E-state index contributed by atoms with van der Waals surface area (Å²) in [6, 6.07) is 12.8. The Morgan fingerprint density at radius 3 is 2.60 bits per heavy atom. The lowest BCUT2D eigenvalue weighted by Crippen LogP contribution is -2.00. The number of alkyl halides is 2. The molecule has 0 amide bonds. The van der Waals surface area contributed by atoms with Crippen molar-refractivity contribution >= 4 is 17.0 Å². The van der Waals surface area contributed by atoms with Crippen molar-refractivity contribution in [1.29, 1.82) is 0 Å². The number of hydrogen-bond acceptors (Lipinski definition) is 7. The number of aromatic amines is 1. The molecule has 9 nitrogen and oxygen atoms in total. The van der Waals surface area contributed by atoms with E-state index in [2.05, 4.69) is 30.5 Å². The minimum atomic E-state index is -2.79. The molecule has 0 spiro atoms. The van der Waals surface area contributed by atoms with E-state index in [9.17, 15) is 8.78 Å². The van der Waals surface area contributed by atoms with Gasteiger partial charge in [-0.15, -0.1) is 15.3 Å². The summed E-state index contributed by atoms with van der Waals surface area (Å²) in [6.45, 7) is 0.483. The third-order valence-corrected chi connectivity index (χ3v) is 4.51. The topological polar surface area (TPSA) is 124 Å². The number of nitrogen functional groups attached to an aromatic ring is 1. The highest BCUT2D eigenvalue weighted by atomic mass is 19.3. The number of H-pyrrole nitrogens is 1. The standard InChI is InChI=1S/C19H14F2N8O/c20-16(21)18-27-26-17(30-18)11-3-1-10(2-4-11)8-29-9-15(25-28-29)12-5-6-13-14(7-12)24-19(22)23-13/h1-7,9,16H,8H2,(H3,22,23,24). The lowest BCUT2D eigenvalue weighted by Gasteiger charge is -2.02. The van der Waals surface area contributed by atoms with Gasteiger partial charge in [0.2, 0.25) is 5.89 Å². The molecular formula is C19H14F2N8O. The van der Waals surface area contributed by atoms with Gasteiger partial charge < -0.3 is 15.1 Å². The molecule has 3 N–H and O–H groups in total. The van der Waals surface area contributed by atoms with Crippen molar-refractivity contribution in [3.63, 3.8) is 0 Å². The van der Waals surface area contributed by atoms with Crippen LogP contribution in [0.3, 0.4) is 0 Å². The molecule has 0 saturated heterocycles. The second-order valence-corrected chi connectivity index (χ2v) is 6.60. The molecule has 3 aromatic heterocycles.